The maximum atomic E-state index is 13.0. The van der Waals surface area contributed by atoms with Crippen LogP contribution in [0.15, 0.2) is 60.0 Å². The van der Waals surface area contributed by atoms with Gasteiger partial charge >= 0.3 is 0 Å². The molecule has 2 aromatic carbocycles. The first kappa shape index (κ1) is 19.2. The summed E-state index contributed by atoms with van der Waals surface area (Å²) in [6.45, 7) is 4.99. The monoisotopic (exact) mass is 419 g/mol. The highest BCUT2D eigenvalue weighted by Crippen LogP contribution is 2.29. The van der Waals surface area contributed by atoms with Crippen molar-refractivity contribution in [1.82, 2.24) is 0 Å². The van der Waals surface area contributed by atoms with Gasteiger partial charge in [-0.15, -0.1) is 11.3 Å². The molecule has 1 amide bonds. The van der Waals surface area contributed by atoms with E-state index in [9.17, 15) is 4.79 Å². The van der Waals surface area contributed by atoms with E-state index in [-0.39, 0.29) is 5.91 Å². The van der Waals surface area contributed by atoms with Crippen LogP contribution in [0.3, 0.4) is 0 Å². The second-order valence-corrected chi connectivity index (χ2v) is 8.66. The Bertz CT molecular complexity index is 1020. The third-order valence-electron chi connectivity index (χ3n) is 5.80. The van der Waals surface area contributed by atoms with Crippen molar-refractivity contribution in [2.75, 3.05) is 48.0 Å². The molecular weight excluding hydrogens is 394 g/mol. The van der Waals surface area contributed by atoms with Crippen LogP contribution in [0.4, 0.5) is 17.1 Å². The fourth-order valence-electron chi connectivity index (χ4n) is 4.17. The molecule has 5 nitrogen and oxygen atoms in total. The maximum absolute atomic E-state index is 13.0. The van der Waals surface area contributed by atoms with Crippen LogP contribution in [0.2, 0.25) is 0 Å². The topological polar surface area (TPSA) is 44.8 Å². The molecule has 2 aliphatic rings. The van der Waals surface area contributed by atoms with E-state index in [2.05, 4.69) is 38.7 Å². The first-order chi connectivity index (χ1) is 14.8. The molecule has 1 fully saturated rings. The fourth-order valence-corrected chi connectivity index (χ4v) is 5.06. The number of nitrogens with one attached hydrogen (secondary N) is 1. The standard InChI is InChI=1S/C24H25N3O2S/c28-24(21-3-1-2-4-22(21)26-12-14-29-15-13-26)25-19-5-7-20(8-6-19)27-11-9-23-18(17-27)10-16-30-23/h1-8,10,16H,9,11-15,17H2,(H,25,28). The van der Waals surface area contributed by atoms with Crippen LogP contribution >= 0.6 is 11.3 Å². The summed E-state index contributed by atoms with van der Waals surface area (Å²) in [5.41, 5.74) is 5.11. The van der Waals surface area contributed by atoms with Gasteiger partial charge in [-0.05, 0) is 59.8 Å². The number of fused-ring (bicyclic) bond motifs is 1. The lowest BCUT2D eigenvalue weighted by Crippen LogP contribution is -2.37. The molecular formula is C24H25N3O2S. The molecule has 1 saturated heterocycles. The quantitative estimate of drug-likeness (QED) is 0.681. The number of amides is 1. The van der Waals surface area contributed by atoms with Gasteiger partial charge in [-0.3, -0.25) is 4.79 Å². The van der Waals surface area contributed by atoms with E-state index in [0.717, 1.165) is 44.0 Å². The summed E-state index contributed by atoms with van der Waals surface area (Å²) in [6, 6.07) is 18.2. The van der Waals surface area contributed by atoms with E-state index in [0.29, 0.717) is 18.8 Å². The predicted molar refractivity (Wildman–Crippen MR) is 123 cm³/mol. The lowest BCUT2D eigenvalue weighted by molar-refractivity contribution is 0.102. The highest BCUT2D eigenvalue weighted by Gasteiger charge is 2.19. The molecule has 0 bridgehead atoms. The molecule has 6 heteroatoms. The van der Waals surface area contributed by atoms with Gasteiger partial charge in [0.15, 0.2) is 0 Å². The molecule has 0 unspecified atom stereocenters. The Kier molecular flexibility index (Phi) is 5.43. The Balaban J connectivity index is 1.28. The number of anilines is 3. The van der Waals surface area contributed by atoms with E-state index in [1.807, 2.05) is 47.7 Å². The fraction of sp³-hybridized carbons (Fsp3) is 0.292. The lowest BCUT2D eigenvalue weighted by atomic mass is 10.1. The smallest absolute Gasteiger partial charge is 0.257 e. The third kappa shape index (κ3) is 3.93. The first-order valence-corrected chi connectivity index (χ1v) is 11.3. The van der Waals surface area contributed by atoms with Crippen molar-refractivity contribution < 1.29 is 9.53 Å². The Labute approximate surface area is 180 Å². The summed E-state index contributed by atoms with van der Waals surface area (Å²) < 4.78 is 5.45. The molecule has 2 aliphatic heterocycles. The number of thiophene rings is 1. The number of hydrogen-bond donors (Lipinski definition) is 1. The number of nitrogens with zero attached hydrogens (tertiary/aromatic N) is 2. The van der Waals surface area contributed by atoms with Gasteiger partial charge in [-0.25, -0.2) is 0 Å². The number of ether oxygens (including phenoxy) is 1. The minimum atomic E-state index is -0.0780. The van der Waals surface area contributed by atoms with Crippen LogP contribution in [-0.4, -0.2) is 38.8 Å². The molecule has 1 aromatic heterocycles. The summed E-state index contributed by atoms with van der Waals surface area (Å²) in [6.07, 6.45) is 1.10. The summed E-state index contributed by atoms with van der Waals surface area (Å²) in [5, 5.41) is 5.25. The van der Waals surface area contributed by atoms with Gasteiger partial charge in [-0.2, -0.15) is 0 Å². The van der Waals surface area contributed by atoms with Crippen molar-refractivity contribution in [2.45, 2.75) is 13.0 Å². The van der Waals surface area contributed by atoms with Crippen LogP contribution < -0.4 is 15.1 Å². The van der Waals surface area contributed by atoms with Gasteiger partial charge in [0.25, 0.3) is 5.91 Å². The number of benzene rings is 2. The second kappa shape index (κ2) is 8.50. The number of carbonyl (C=O) groups is 1. The van der Waals surface area contributed by atoms with Gasteiger partial charge in [0.1, 0.15) is 0 Å². The Hall–Kier alpha value is -2.83. The number of hydrogen-bond acceptors (Lipinski definition) is 5. The number of rotatable bonds is 4. The molecule has 3 aromatic rings. The second-order valence-electron chi connectivity index (χ2n) is 7.66. The molecule has 0 saturated carbocycles. The average Bonchev–Trinajstić information content (AvgIpc) is 3.28. The average molecular weight is 420 g/mol. The number of carbonyl (C=O) groups excluding carboxylic acids is 1. The van der Waals surface area contributed by atoms with Crippen molar-refractivity contribution in [3.63, 3.8) is 0 Å². The molecule has 154 valence electrons. The zero-order chi connectivity index (χ0) is 20.3. The van der Waals surface area contributed by atoms with E-state index in [4.69, 9.17) is 4.74 Å². The summed E-state index contributed by atoms with van der Waals surface area (Å²) in [7, 11) is 0. The first-order valence-electron chi connectivity index (χ1n) is 10.4. The largest absolute Gasteiger partial charge is 0.378 e. The van der Waals surface area contributed by atoms with Crippen LogP contribution in [-0.2, 0) is 17.7 Å². The molecule has 30 heavy (non-hydrogen) atoms. The van der Waals surface area contributed by atoms with Crippen LogP contribution in [0.25, 0.3) is 0 Å². The van der Waals surface area contributed by atoms with Crippen molar-refractivity contribution in [3.8, 4) is 0 Å². The number of para-hydroxylation sites is 1. The zero-order valence-electron chi connectivity index (χ0n) is 16.8. The molecule has 0 spiro atoms. The van der Waals surface area contributed by atoms with Crippen LogP contribution in [0.1, 0.15) is 20.8 Å². The normalized spacial score (nSPS) is 16.3. The SMILES string of the molecule is O=C(Nc1ccc(N2CCc3sccc3C2)cc1)c1ccccc1N1CCOCC1. The zero-order valence-corrected chi connectivity index (χ0v) is 17.7. The van der Waals surface area contributed by atoms with E-state index in [1.165, 1.54) is 16.1 Å². The summed E-state index contributed by atoms with van der Waals surface area (Å²) in [5.74, 6) is -0.0780. The van der Waals surface area contributed by atoms with Crippen molar-refractivity contribution >= 4 is 34.3 Å². The summed E-state index contributed by atoms with van der Waals surface area (Å²) >= 11 is 1.86. The predicted octanol–water partition coefficient (Wildman–Crippen LogP) is 4.40. The minimum absolute atomic E-state index is 0.0780. The van der Waals surface area contributed by atoms with Gasteiger partial charge in [0, 0.05) is 48.1 Å². The van der Waals surface area contributed by atoms with E-state index in [1.54, 1.807) is 0 Å². The van der Waals surface area contributed by atoms with Crippen molar-refractivity contribution in [1.29, 1.82) is 0 Å². The molecule has 5 rings (SSSR count). The Morgan fingerprint density at radius 3 is 2.57 bits per heavy atom. The van der Waals surface area contributed by atoms with Gasteiger partial charge in [-0.1, -0.05) is 12.1 Å². The Morgan fingerprint density at radius 1 is 0.933 bits per heavy atom. The third-order valence-corrected chi connectivity index (χ3v) is 6.82. The molecule has 1 N–H and O–H groups in total. The highest BCUT2D eigenvalue weighted by molar-refractivity contribution is 7.10. The Morgan fingerprint density at radius 2 is 1.73 bits per heavy atom. The van der Waals surface area contributed by atoms with Crippen LogP contribution in [0, 0.1) is 0 Å². The van der Waals surface area contributed by atoms with Crippen molar-refractivity contribution in [3.05, 3.63) is 76.0 Å². The molecule has 0 aliphatic carbocycles. The van der Waals surface area contributed by atoms with Gasteiger partial charge < -0.3 is 19.9 Å². The molecule has 3 heterocycles. The molecule has 0 atom stereocenters. The van der Waals surface area contributed by atoms with E-state index >= 15 is 0 Å². The number of morpholine rings is 1. The van der Waals surface area contributed by atoms with E-state index < -0.39 is 0 Å². The van der Waals surface area contributed by atoms with Gasteiger partial charge in [0.05, 0.1) is 18.8 Å². The maximum Gasteiger partial charge on any atom is 0.257 e. The highest BCUT2D eigenvalue weighted by atomic mass is 32.1. The van der Waals surface area contributed by atoms with Crippen LogP contribution in [0.5, 0.6) is 0 Å². The lowest BCUT2D eigenvalue weighted by Gasteiger charge is -2.30. The summed E-state index contributed by atoms with van der Waals surface area (Å²) in [4.78, 5) is 19.1. The molecule has 0 radical (unpaired) electrons. The van der Waals surface area contributed by atoms with Gasteiger partial charge in [0.2, 0.25) is 0 Å². The minimum Gasteiger partial charge on any atom is -0.378 e. The van der Waals surface area contributed by atoms with Crippen molar-refractivity contribution in [2.24, 2.45) is 0 Å².